The minimum absolute atomic E-state index is 0.622. The lowest BCUT2D eigenvalue weighted by atomic mass is 9.96. The monoisotopic (exact) mass is 243 g/mol. The Hall–Kier alpha value is -1.35. The van der Waals surface area contributed by atoms with Gasteiger partial charge in [-0.15, -0.1) is 0 Å². The zero-order valence-electron chi connectivity index (χ0n) is 11.3. The topological polar surface area (TPSA) is 20.5 Å². The molecule has 1 aliphatic rings. The molecular formula is C15H21N3. The summed E-state index contributed by atoms with van der Waals surface area (Å²) in [5.41, 5.74) is 2.52. The van der Waals surface area contributed by atoms with Gasteiger partial charge in [0, 0.05) is 12.1 Å². The molecule has 2 aromatic heterocycles. The van der Waals surface area contributed by atoms with Crippen LogP contribution in [-0.2, 0) is 0 Å². The molecule has 0 spiro atoms. The number of hydrogen-bond donors (Lipinski definition) is 0. The van der Waals surface area contributed by atoms with Crippen LogP contribution < -0.4 is 0 Å². The molecule has 1 saturated heterocycles. The van der Waals surface area contributed by atoms with Crippen molar-refractivity contribution in [3.05, 3.63) is 35.9 Å². The van der Waals surface area contributed by atoms with Crippen LogP contribution in [0.5, 0.6) is 0 Å². The lowest BCUT2D eigenvalue weighted by molar-refractivity contribution is 0.219. The van der Waals surface area contributed by atoms with Gasteiger partial charge in [-0.25, -0.2) is 4.98 Å². The Kier molecular flexibility index (Phi) is 3.08. The van der Waals surface area contributed by atoms with Crippen LogP contribution in [0.4, 0.5) is 0 Å². The molecule has 0 radical (unpaired) electrons. The van der Waals surface area contributed by atoms with Crippen LogP contribution in [0.25, 0.3) is 5.52 Å². The maximum atomic E-state index is 4.66. The molecular weight excluding hydrogens is 222 g/mol. The molecule has 0 unspecified atom stereocenters. The van der Waals surface area contributed by atoms with Gasteiger partial charge in [0.25, 0.3) is 0 Å². The average molecular weight is 243 g/mol. The van der Waals surface area contributed by atoms with Crippen molar-refractivity contribution in [3.8, 4) is 0 Å². The average Bonchev–Trinajstić information content (AvgIpc) is 2.82. The van der Waals surface area contributed by atoms with Gasteiger partial charge in [-0.05, 0) is 51.0 Å². The molecule has 18 heavy (non-hydrogen) atoms. The Morgan fingerprint density at radius 1 is 1.28 bits per heavy atom. The lowest BCUT2D eigenvalue weighted by Crippen LogP contribution is -2.33. The summed E-state index contributed by atoms with van der Waals surface area (Å²) in [6.45, 7) is 7.98. The molecule has 1 aliphatic heterocycles. The van der Waals surface area contributed by atoms with E-state index in [0.717, 1.165) is 0 Å². The fraction of sp³-hybridized carbons (Fsp3) is 0.533. The Morgan fingerprint density at radius 3 is 2.78 bits per heavy atom. The van der Waals surface area contributed by atoms with Crippen molar-refractivity contribution >= 4 is 5.52 Å². The van der Waals surface area contributed by atoms with E-state index in [1.807, 2.05) is 6.20 Å². The van der Waals surface area contributed by atoms with Crippen LogP contribution in [0.2, 0.25) is 0 Å². The fourth-order valence-electron chi connectivity index (χ4n) is 2.93. The zero-order chi connectivity index (χ0) is 12.5. The van der Waals surface area contributed by atoms with E-state index in [9.17, 15) is 0 Å². The maximum Gasteiger partial charge on any atom is 0.116 e. The highest BCUT2D eigenvalue weighted by Gasteiger charge is 2.22. The normalized spacial score (nSPS) is 18.6. The predicted molar refractivity (Wildman–Crippen MR) is 74.0 cm³/mol. The van der Waals surface area contributed by atoms with E-state index in [2.05, 4.69) is 46.5 Å². The summed E-state index contributed by atoms with van der Waals surface area (Å²) in [4.78, 5) is 7.18. The maximum absolute atomic E-state index is 4.66. The number of aromatic nitrogens is 2. The summed E-state index contributed by atoms with van der Waals surface area (Å²) in [5.74, 6) is 1.88. The van der Waals surface area contributed by atoms with Crippen molar-refractivity contribution in [2.45, 2.75) is 32.6 Å². The van der Waals surface area contributed by atoms with Crippen molar-refractivity contribution in [2.75, 3.05) is 19.6 Å². The van der Waals surface area contributed by atoms with E-state index in [0.29, 0.717) is 5.92 Å². The highest BCUT2D eigenvalue weighted by atomic mass is 15.1. The second-order valence-corrected chi connectivity index (χ2v) is 5.33. The SMILES string of the molecule is CCN1CCC(c2ncc3ccc(C)cn23)CC1. The Bertz CT molecular complexity index is 536. The second-order valence-electron chi connectivity index (χ2n) is 5.33. The predicted octanol–water partition coefficient (Wildman–Crippen LogP) is 2.84. The first-order valence-electron chi connectivity index (χ1n) is 6.94. The molecule has 3 rings (SSSR count). The fourth-order valence-corrected chi connectivity index (χ4v) is 2.93. The van der Waals surface area contributed by atoms with E-state index in [1.165, 1.54) is 49.4 Å². The number of likely N-dealkylation sites (tertiary alicyclic amines) is 1. The highest BCUT2D eigenvalue weighted by molar-refractivity contribution is 5.47. The molecule has 0 aromatic carbocycles. The molecule has 1 fully saturated rings. The number of aryl methyl sites for hydroxylation is 1. The van der Waals surface area contributed by atoms with Gasteiger partial charge in [0.15, 0.2) is 0 Å². The Labute approximate surface area is 108 Å². The number of fused-ring (bicyclic) bond motifs is 1. The van der Waals surface area contributed by atoms with Gasteiger partial charge in [-0.3, -0.25) is 0 Å². The number of rotatable bonds is 2. The van der Waals surface area contributed by atoms with Gasteiger partial charge in [0.1, 0.15) is 5.82 Å². The molecule has 96 valence electrons. The number of pyridine rings is 1. The number of piperidine rings is 1. The van der Waals surface area contributed by atoms with Gasteiger partial charge >= 0.3 is 0 Å². The number of hydrogen-bond acceptors (Lipinski definition) is 2. The molecule has 0 amide bonds. The number of imidazole rings is 1. The van der Waals surface area contributed by atoms with Crippen molar-refractivity contribution < 1.29 is 0 Å². The minimum atomic E-state index is 0.622. The smallest absolute Gasteiger partial charge is 0.116 e. The van der Waals surface area contributed by atoms with Crippen molar-refractivity contribution in [2.24, 2.45) is 0 Å². The first-order chi connectivity index (χ1) is 8.78. The van der Waals surface area contributed by atoms with Gasteiger partial charge in [0.2, 0.25) is 0 Å². The quantitative estimate of drug-likeness (QED) is 0.808. The first kappa shape index (κ1) is 11.7. The van der Waals surface area contributed by atoms with Crippen molar-refractivity contribution in [3.63, 3.8) is 0 Å². The van der Waals surface area contributed by atoms with Crippen molar-refractivity contribution in [1.82, 2.24) is 14.3 Å². The van der Waals surface area contributed by atoms with Gasteiger partial charge < -0.3 is 9.30 Å². The third-order valence-electron chi connectivity index (χ3n) is 4.10. The molecule has 0 aliphatic carbocycles. The van der Waals surface area contributed by atoms with E-state index in [4.69, 9.17) is 0 Å². The largest absolute Gasteiger partial charge is 0.304 e. The third kappa shape index (κ3) is 2.03. The molecule has 3 nitrogen and oxygen atoms in total. The summed E-state index contributed by atoms with van der Waals surface area (Å²) in [6.07, 6.45) is 6.69. The zero-order valence-corrected chi connectivity index (χ0v) is 11.3. The molecule has 0 atom stereocenters. The van der Waals surface area contributed by atoms with Crippen LogP contribution in [0, 0.1) is 6.92 Å². The van der Waals surface area contributed by atoms with E-state index < -0.39 is 0 Å². The highest BCUT2D eigenvalue weighted by Crippen LogP contribution is 2.27. The molecule has 2 aromatic rings. The molecule has 3 heterocycles. The third-order valence-corrected chi connectivity index (χ3v) is 4.10. The van der Waals surface area contributed by atoms with E-state index >= 15 is 0 Å². The summed E-state index contributed by atoms with van der Waals surface area (Å²) >= 11 is 0. The standard InChI is InChI=1S/C15H21N3/c1-3-17-8-6-13(7-9-17)15-16-10-14-5-4-12(2)11-18(14)15/h4-5,10-11,13H,3,6-9H2,1-2H3. The number of nitrogens with zero attached hydrogens (tertiary/aromatic N) is 3. The molecule has 0 saturated carbocycles. The van der Waals surface area contributed by atoms with Gasteiger partial charge in [-0.1, -0.05) is 13.0 Å². The first-order valence-corrected chi connectivity index (χ1v) is 6.94. The van der Waals surface area contributed by atoms with Crippen LogP contribution >= 0.6 is 0 Å². The lowest BCUT2D eigenvalue weighted by Gasteiger charge is -2.30. The van der Waals surface area contributed by atoms with Gasteiger partial charge in [0.05, 0.1) is 11.7 Å². The van der Waals surface area contributed by atoms with Crippen LogP contribution in [-0.4, -0.2) is 33.9 Å². The minimum Gasteiger partial charge on any atom is -0.304 e. The summed E-state index contributed by atoms with van der Waals surface area (Å²) in [5, 5.41) is 0. The van der Waals surface area contributed by atoms with Gasteiger partial charge in [-0.2, -0.15) is 0 Å². The van der Waals surface area contributed by atoms with E-state index in [-0.39, 0.29) is 0 Å². The summed E-state index contributed by atoms with van der Waals surface area (Å²) in [6, 6.07) is 4.31. The molecule has 0 N–H and O–H groups in total. The van der Waals surface area contributed by atoms with Crippen LogP contribution in [0.3, 0.4) is 0 Å². The van der Waals surface area contributed by atoms with E-state index in [1.54, 1.807) is 0 Å². The summed E-state index contributed by atoms with van der Waals surface area (Å²) < 4.78 is 2.28. The Balaban J connectivity index is 1.88. The van der Waals surface area contributed by atoms with Crippen LogP contribution in [0.15, 0.2) is 24.5 Å². The molecule has 3 heteroatoms. The molecule has 0 bridgehead atoms. The second kappa shape index (κ2) is 4.73. The van der Waals surface area contributed by atoms with Crippen molar-refractivity contribution in [1.29, 1.82) is 0 Å². The van der Waals surface area contributed by atoms with Crippen LogP contribution in [0.1, 0.15) is 37.1 Å². The summed E-state index contributed by atoms with van der Waals surface area (Å²) in [7, 11) is 0. The Morgan fingerprint density at radius 2 is 2.06 bits per heavy atom.